The lowest BCUT2D eigenvalue weighted by molar-refractivity contribution is -0.597. The first-order valence-electron chi connectivity index (χ1n) is 5.95. The van der Waals surface area contributed by atoms with Crippen molar-refractivity contribution in [2.45, 2.75) is 5.25 Å². The summed E-state index contributed by atoms with van der Waals surface area (Å²) in [5, 5.41) is 3.05. The molecule has 0 aliphatic heterocycles. The number of aliphatic hydroxyl groups is 1. The van der Waals surface area contributed by atoms with Crippen LogP contribution in [0.3, 0.4) is 0 Å². The molecule has 2 rings (SSSR count). The zero-order valence-corrected chi connectivity index (χ0v) is 14.2. The van der Waals surface area contributed by atoms with Crippen molar-refractivity contribution in [2.24, 2.45) is 0 Å². The molecule has 0 amide bonds. The van der Waals surface area contributed by atoms with E-state index in [0.717, 1.165) is 0 Å². The molecule has 0 saturated heterocycles. The van der Waals surface area contributed by atoms with Gasteiger partial charge >= 0.3 is 26.5 Å². The Labute approximate surface area is 137 Å². The van der Waals surface area contributed by atoms with E-state index >= 15 is 0 Å². The summed E-state index contributed by atoms with van der Waals surface area (Å²) in [5.74, 6) is 0. The second-order valence-corrected chi connectivity index (χ2v) is 8.47. The molecule has 0 aromatic heterocycles. The summed E-state index contributed by atoms with van der Waals surface area (Å²) in [6.45, 7) is -1.97. The molecule has 22 heavy (non-hydrogen) atoms. The Morgan fingerprint density at radius 2 is 1.32 bits per heavy atom. The molecule has 0 heterocycles. The smallest absolute Gasteiger partial charge is 0.357 e. The maximum atomic E-state index is 11.5. The SMILES string of the molecule is O=S(=O)([O-])C(F)(F)CO.c1ccc([I+]c2ccccc2)cc1. The van der Waals surface area contributed by atoms with Gasteiger partial charge in [-0.15, -0.1) is 0 Å². The van der Waals surface area contributed by atoms with E-state index < -0.39 is 22.0 Å². The summed E-state index contributed by atoms with van der Waals surface area (Å²) < 4.78 is 54.2. The number of alkyl halides is 2. The van der Waals surface area contributed by atoms with Crippen molar-refractivity contribution < 1.29 is 48.1 Å². The van der Waals surface area contributed by atoms with Gasteiger partial charge in [0.1, 0.15) is 6.61 Å². The van der Waals surface area contributed by atoms with Crippen molar-refractivity contribution in [3.05, 3.63) is 67.8 Å². The van der Waals surface area contributed by atoms with Gasteiger partial charge in [-0.1, -0.05) is 36.4 Å². The highest BCUT2D eigenvalue weighted by molar-refractivity contribution is 7.86. The van der Waals surface area contributed by atoms with E-state index in [1.807, 2.05) is 0 Å². The molecule has 0 bridgehead atoms. The lowest BCUT2D eigenvalue weighted by Gasteiger charge is -2.16. The van der Waals surface area contributed by atoms with E-state index in [4.69, 9.17) is 5.11 Å². The molecule has 0 aliphatic carbocycles. The van der Waals surface area contributed by atoms with Crippen molar-refractivity contribution in [3.63, 3.8) is 0 Å². The Bertz CT molecular complexity index is 626. The number of hydrogen-bond acceptors (Lipinski definition) is 4. The van der Waals surface area contributed by atoms with E-state index in [2.05, 4.69) is 60.7 Å². The van der Waals surface area contributed by atoms with Gasteiger partial charge in [0.15, 0.2) is 17.3 Å². The van der Waals surface area contributed by atoms with Gasteiger partial charge in [0.05, 0.1) is 0 Å². The lowest BCUT2D eigenvalue weighted by atomic mass is 10.4. The fraction of sp³-hybridized carbons (Fsp3) is 0.143. The Morgan fingerprint density at radius 3 is 1.55 bits per heavy atom. The largest absolute Gasteiger partial charge is 0.743 e. The van der Waals surface area contributed by atoms with Crippen LogP contribution < -0.4 is 21.2 Å². The molecule has 0 saturated carbocycles. The van der Waals surface area contributed by atoms with E-state index in [-0.39, 0.29) is 21.2 Å². The molecular formula is C14H13F2IO4S. The van der Waals surface area contributed by atoms with Crippen LogP contribution in [0.25, 0.3) is 0 Å². The van der Waals surface area contributed by atoms with Crippen LogP contribution in [-0.2, 0) is 10.1 Å². The molecule has 0 spiro atoms. The van der Waals surface area contributed by atoms with Gasteiger partial charge in [-0.25, -0.2) is 8.42 Å². The molecule has 2 aromatic rings. The molecular weight excluding hydrogens is 429 g/mol. The number of benzene rings is 2. The number of halogens is 3. The molecule has 1 N–H and O–H groups in total. The van der Waals surface area contributed by atoms with E-state index in [9.17, 15) is 21.8 Å². The van der Waals surface area contributed by atoms with Crippen molar-refractivity contribution >= 4 is 10.1 Å². The number of rotatable bonds is 4. The third kappa shape index (κ3) is 6.34. The van der Waals surface area contributed by atoms with Crippen molar-refractivity contribution in [1.29, 1.82) is 0 Å². The summed E-state index contributed by atoms with van der Waals surface area (Å²) in [5.41, 5.74) is 0. The molecule has 4 nitrogen and oxygen atoms in total. The first-order valence-corrected chi connectivity index (χ1v) is 9.52. The van der Waals surface area contributed by atoms with Crippen LogP contribution in [-0.4, -0.2) is 29.9 Å². The third-order valence-electron chi connectivity index (χ3n) is 2.23. The standard InChI is InChI=1S/C12H10I.C2H4F2O4S/c1-3-7-11(8-4-1)13-12-9-5-2-6-10-12;3-2(4,1-5)9(6,7)8/h1-10H;5H,1H2,(H,6,7,8)/q+1;/p-1. The highest BCUT2D eigenvalue weighted by atomic mass is 127. The van der Waals surface area contributed by atoms with Gasteiger partial charge in [0.25, 0.3) is 0 Å². The van der Waals surface area contributed by atoms with E-state index in [0.29, 0.717) is 0 Å². The summed E-state index contributed by atoms with van der Waals surface area (Å²) in [4.78, 5) is 0. The van der Waals surface area contributed by atoms with E-state index in [1.165, 1.54) is 7.14 Å². The fourth-order valence-corrected chi connectivity index (χ4v) is 3.59. The maximum absolute atomic E-state index is 11.5. The fourth-order valence-electron chi connectivity index (χ4n) is 1.16. The minimum Gasteiger partial charge on any atom is -0.743 e. The van der Waals surface area contributed by atoms with E-state index in [1.54, 1.807) is 0 Å². The minimum absolute atomic E-state index is 0.0287. The Hall–Kier alpha value is -1.10. The van der Waals surface area contributed by atoms with Crippen LogP contribution in [0.1, 0.15) is 0 Å². The summed E-state index contributed by atoms with van der Waals surface area (Å²) in [7, 11) is -5.69. The molecule has 0 fully saturated rings. The van der Waals surface area contributed by atoms with Crippen LogP contribution in [0, 0.1) is 7.14 Å². The predicted molar refractivity (Wildman–Crippen MR) is 72.0 cm³/mol. The summed E-state index contributed by atoms with van der Waals surface area (Å²) in [6.07, 6.45) is 0. The average molecular weight is 442 g/mol. The van der Waals surface area contributed by atoms with Crippen LogP contribution in [0.2, 0.25) is 0 Å². The Kier molecular flexibility index (Phi) is 7.33. The summed E-state index contributed by atoms with van der Waals surface area (Å²) >= 11 is 0.0287. The van der Waals surface area contributed by atoms with Gasteiger partial charge in [-0.2, -0.15) is 8.78 Å². The van der Waals surface area contributed by atoms with Gasteiger partial charge in [0, 0.05) is 0 Å². The van der Waals surface area contributed by atoms with Crippen molar-refractivity contribution in [3.8, 4) is 0 Å². The molecule has 0 unspecified atom stereocenters. The van der Waals surface area contributed by atoms with Crippen LogP contribution in [0.4, 0.5) is 8.78 Å². The zero-order valence-electron chi connectivity index (χ0n) is 11.2. The van der Waals surface area contributed by atoms with Crippen LogP contribution in [0.5, 0.6) is 0 Å². The molecule has 0 radical (unpaired) electrons. The van der Waals surface area contributed by atoms with Crippen LogP contribution in [0.15, 0.2) is 60.7 Å². The normalized spacial score (nSPS) is 11.5. The topological polar surface area (TPSA) is 77.4 Å². The van der Waals surface area contributed by atoms with Crippen molar-refractivity contribution in [1.82, 2.24) is 0 Å². The average Bonchev–Trinajstić information content (AvgIpc) is 2.49. The summed E-state index contributed by atoms with van der Waals surface area (Å²) in [6, 6.07) is 21.4. The third-order valence-corrected chi connectivity index (χ3v) is 5.78. The predicted octanol–water partition coefficient (Wildman–Crippen LogP) is -1.07. The van der Waals surface area contributed by atoms with Gasteiger partial charge in [0.2, 0.25) is 0 Å². The number of aliphatic hydroxyl groups excluding tert-OH is 1. The first kappa shape index (κ1) is 18.9. The number of hydrogen-bond donors (Lipinski definition) is 1. The molecule has 120 valence electrons. The zero-order chi connectivity index (χ0) is 16.6. The lowest BCUT2D eigenvalue weighted by Crippen LogP contribution is -3.61. The molecule has 8 heteroatoms. The molecule has 0 aliphatic rings. The second kappa shape index (κ2) is 8.51. The monoisotopic (exact) mass is 442 g/mol. The maximum Gasteiger partial charge on any atom is 0.357 e. The first-order chi connectivity index (χ1) is 10.3. The highest BCUT2D eigenvalue weighted by Crippen LogP contribution is 2.18. The Morgan fingerprint density at radius 1 is 0.955 bits per heavy atom. The quantitative estimate of drug-likeness (QED) is 0.484. The molecule has 2 aromatic carbocycles. The second-order valence-electron chi connectivity index (χ2n) is 3.94. The van der Waals surface area contributed by atoms with Gasteiger partial charge in [-0.3, -0.25) is 0 Å². The minimum atomic E-state index is -5.69. The Balaban J connectivity index is 0.000000239. The van der Waals surface area contributed by atoms with Gasteiger partial charge in [-0.05, 0) is 24.3 Å². The van der Waals surface area contributed by atoms with Gasteiger partial charge < -0.3 is 9.66 Å². The highest BCUT2D eigenvalue weighted by Gasteiger charge is 2.36. The van der Waals surface area contributed by atoms with Crippen molar-refractivity contribution in [2.75, 3.05) is 6.61 Å². The van der Waals surface area contributed by atoms with Crippen LogP contribution >= 0.6 is 0 Å². The molecule has 0 atom stereocenters.